The second-order valence-corrected chi connectivity index (χ2v) is 13.3. The molecule has 0 radical (unpaired) electrons. The average Bonchev–Trinajstić information content (AvgIpc) is 2.92. The van der Waals surface area contributed by atoms with Crippen molar-refractivity contribution >= 4 is 34.7 Å². The van der Waals surface area contributed by atoms with Gasteiger partial charge in [-0.05, 0) is 49.5 Å². The minimum absolute atomic E-state index is 0.0733. The van der Waals surface area contributed by atoms with Crippen LogP contribution in [0.2, 0.25) is 0 Å². The van der Waals surface area contributed by atoms with E-state index >= 15 is 0 Å². The van der Waals surface area contributed by atoms with Crippen molar-refractivity contribution in [1.29, 1.82) is 0 Å². The number of likely N-dealkylation sites (N-methyl/N-ethyl adjacent to an activating group) is 1. The number of amides is 1. The molecular formula is C34H37N3O7. The van der Waals surface area contributed by atoms with Gasteiger partial charge in [-0.3, -0.25) is 28.9 Å². The highest BCUT2D eigenvalue weighted by atomic mass is 16.3. The molecule has 2 fully saturated rings. The van der Waals surface area contributed by atoms with Gasteiger partial charge in [0.25, 0.3) is 0 Å². The normalized spacial score (nSPS) is 31.0. The number of hydrogen-bond donors (Lipinski definition) is 3. The smallest absolute Gasteiger partial charge is 0.235 e. The summed E-state index contributed by atoms with van der Waals surface area (Å²) in [5.41, 5.74) is 2.00. The Kier molecular flexibility index (Phi) is 7.35. The summed E-state index contributed by atoms with van der Waals surface area (Å²) >= 11 is 0. The lowest BCUT2D eigenvalue weighted by Crippen LogP contribution is -2.79. The number of aromatic hydroxyl groups is 1. The molecule has 0 bridgehead atoms. The summed E-state index contributed by atoms with van der Waals surface area (Å²) in [6, 6.07) is 10.0. The van der Waals surface area contributed by atoms with Crippen LogP contribution in [0, 0.1) is 34.5 Å². The number of phenols is 1. The molecule has 0 saturated heterocycles. The molecule has 0 spiro atoms. The van der Waals surface area contributed by atoms with Crippen molar-refractivity contribution in [3.63, 3.8) is 0 Å². The summed E-state index contributed by atoms with van der Waals surface area (Å²) in [5.74, 6) is -3.15. The van der Waals surface area contributed by atoms with E-state index in [1.165, 1.54) is 11.8 Å². The van der Waals surface area contributed by atoms with E-state index < -0.39 is 63.3 Å². The maximum absolute atomic E-state index is 14.5. The first-order chi connectivity index (χ1) is 20.5. The maximum atomic E-state index is 14.5. The van der Waals surface area contributed by atoms with Gasteiger partial charge in [0.2, 0.25) is 5.91 Å². The predicted molar refractivity (Wildman–Crippen MR) is 162 cm³/mol. The fourth-order valence-electron chi connectivity index (χ4n) is 8.10. The van der Waals surface area contributed by atoms with E-state index in [2.05, 4.69) is 11.8 Å². The first-order valence-corrected chi connectivity index (χ1v) is 14.4. The largest absolute Gasteiger partial charge is 0.506 e. The highest BCUT2D eigenvalue weighted by molar-refractivity contribution is 6.33. The van der Waals surface area contributed by atoms with E-state index in [0.717, 1.165) is 5.56 Å². The minimum Gasteiger partial charge on any atom is -0.506 e. The third-order valence-electron chi connectivity index (χ3n) is 9.80. The van der Waals surface area contributed by atoms with Crippen molar-refractivity contribution in [1.82, 2.24) is 4.90 Å². The summed E-state index contributed by atoms with van der Waals surface area (Å²) < 4.78 is 0. The number of nitrogens with zero attached hydrogens (tertiary/aromatic N) is 2. The molecule has 1 amide bonds. The number of benzene rings is 2. The molecule has 3 aliphatic rings. The van der Waals surface area contributed by atoms with Crippen LogP contribution in [0.25, 0.3) is 0 Å². The van der Waals surface area contributed by atoms with Gasteiger partial charge in [0.05, 0.1) is 23.1 Å². The van der Waals surface area contributed by atoms with E-state index in [9.17, 15) is 34.2 Å². The Labute approximate surface area is 256 Å². The van der Waals surface area contributed by atoms with Crippen molar-refractivity contribution in [3.8, 4) is 17.6 Å². The Balaban J connectivity index is 1.68. The van der Waals surface area contributed by atoms with Crippen molar-refractivity contribution in [2.75, 3.05) is 33.1 Å². The van der Waals surface area contributed by atoms with Crippen LogP contribution in [0.4, 0.5) is 5.69 Å². The molecule has 2 aromatic rings. The third-order valence-corrected chi connectivity index (χ3v) is 9.80. The van der Waals surface area contributed by atoms with Gasteiger partial charge in [-0.2, -0.15) is 0 Å². The Morgan fingerprint density at radius 1 is 1.05 bits per heavy atom. The van der Waals surface area contributed by atoms with Gasteiger partial charge in [0.15, 0.2) is 34.7 Å². The van der Waals surface area contributed by atoms with Crippen LogP contribution < -0.4 is 10.6 Å². The van der Waals surface area contributed by atoms with Gasteiger partial charge in [-0.15, -0.1) is 0 Å². The zero-order valence-electron chi connectivity index (χ0n) is 25.7. The van der Waals surface area contributed by atoms with Gasteiger partial charge < -0.3 is 20.8 Å². The number of fused-ring (bicyclic) bond motifs is 3. The summed E-state index contributed by atoms with van der Waals surface area (Å²) in [4.78, 5) is 71.7. The highest BCUT2D eigenvalue weighted by Crippen LogP contribution is 2.62. The molecule has 0 aromatic heterocycles. The molecule has 10 heteroatoms. The number of aliphatic hydroxyl groups is 1. The second-order valence-electron chi connectivity index (χ2n) is 13.3. The summed E-state index contributed by atoms with van der Waals surface area (Å²) in [5, 5.41) is 23.6. The number of hydrogen-bond acceptors (Lipinski definition) is 9. The number of Topliss-reactive ketones (excluding diaryl/α,β-unsaturated/α-hetero) is 4. The van der Waals surface area contributed by atoms with Gasteiger partial charge in [0, 0.05) is 31.6 Å². The van der Waals surface area contributed by atoms with Crippen LogP contribution in [0.15, 0.2) is 36.4 Å². The Morgan fingerprint density at radius 2 is 1.68 bits per heavy atom. The van der Waals surface area contributed by atoms with Crippen molar-refractivity contribution in [3.05, 3.63) is 58.7 Å². The van der Waals surface area contributed by atoms with E-state index in [1.54, 1.807) is 46.1 Å². The summed E-state index contributed by atoms with van der Waals surface area (Å²) in [7, 11) is 6.71. The molecule has 2 aromatic carbocycles. The van der Waals surface area contributed by atoms with Crippen molar-refractivity contribution < 1.29 is 34.2 Å². The molecule has 6 atom stereocenters. The Bertz CT molecular complexity index is 1690. The van der Waals surface area contributed by atoms with Crippen LogP contribution in [-0.4, -0.2) is 84.0 Å². The first kappa shape index (κ1) is 31.1. The molecule has 230 valence electrons. The summed E-state index contributed by atoms with van der Waals surface area (Å²) in [6.07, 6.45) is 0.467. The molecule has 0 aliphatic heterocycles. The van der Waals surface area contributed by atoms with E-state index in [1.807, 2.05) is 30.3 Å². The zero-order chi connectivity index (χ0) is 32.5. The lowest BCUT2D eigenvalue weighted by molar-refractivity contribution is -0.203. The molecule has 0 heterocycles. The number of carbonyl (C=O) groups excluding carboxylic acids is 5. The fraction of sp³-hybridized carbons (Fsp3) is 0.441. The molecule has 3 aliphatic carbocycles. The van der Waals surface area contributed by atoms with Crippen LogP contribution >= 0.6 is 0 Å². The average molecular weight is 600 g/mol. The molecular weight excluding hydrogens is 562 g/mol. The van der Waals surface area contributed by atoms with Gasteiger partial charge in [-0.1, -0.05) is 56.0 Å². The van der Waals surface area contributed by atoms with Crippen LogP contribution in [0.5, 0.6) is 5.75 Å². The van der Waals surface area contributed by atoms with E-state index in [4.69, 9.17) is 5.73 Å². The fourth-order valence-corrected chi connectivity index (χ4v) is 8.10. The quantitative estimate of drug-likeness (QED) is 0.348. The molecule has 2 unspecified atom stereocenters. The maximum Gasteiger partial charge on any atom is 0.235 e. The summed E-state index contributed by atoms with van der Waals surface area (Å²) in [6.45, 7) is 3.22. The van der Waals surface area contributed by atoms with E-state index in [0.29, 0.717) is 17.7 Å². The van der Waals surface area contributed by atoms with Gasteiger partial charge in [0.1, 0.15) is 5.75 Å². The van der Waals surface area contributed by atoms with Crippen molar-refractivity contribution in [2.45, 2.75) is 44.8 Å². The standard InChI is InChI=1S/C34H37N3O7/c1-32-16-20-21(36(3)4)15-19(14-10-13-18-11-8-7-9-12-18)25(38)22(20)26(39)24(32)30(42)34(44)29(41)23(31(35)43)27(40)28(37(5)6)33(34,2)17-32/h7-9,11-12,15,23-24,28,38,44H,13,16-17H2,1-6H3,(H2,35,43)/t23?,24?,28-,32+,33+,34-/m1/s1. The minimum atomic E-state index is -2.85. The van der Waals surface area contributed by atoms with Gasteiger partial charge in [-0.25, -0.2) is 0 Å². The number of phenolic OH excluding ortho intramolecular Hbond substituents is 1. The van der Waals surface area contributed by atoms with Crippen LogP contribution in [0.1, 0.15) is 47.3 Å². The topological polar surface area (TPSA) is 158 Å². The lowest BCUT2D eigenvalue weighted by atomic mass is 9.42. The number of primary amides is 1. The first-order valence-electron chi connectivity index (χ1n) is 14.4. The molecule has 4 N–H and O–H groups in total. The predicted octanol–water partition coefficient (Wildman–Crippen LogP) is 1.31. The monoisotopic (exact) mass is 599 g/mol. The number of rotatable bonds is 4. The van der Waals surface area contributed by atoms with Gasteiger partial charge >= 0.3 is 0 Å². The van der Waals surface area contributed by atoms with Crippen LogP contribution in [0.3, 0.4) is 0 Å². The number of nitrogens with two attached hydrogens (primary N) is 1. The highest BCUT2D eigenvalue weighted by Gasteiger charge is 2.76. The van der Waals surface area contributed by atoms with Crippen LogP contribution in [-0.2, 0) is 32.0 Å². The molecule has 2 saturated carbocycles. The number of anilines is 1. The SMILES string of the molecule is CN(C)c1cc(C#CCc2ccccc2)c(O)c2c1C[C@@]1(C)C[C@@]3(C)[C@H](N(C)C)C(=O)C(C(N)=O)C(=O)[C@@]3(O)C(=O)C1C2=O. The zero-order valence-corrected chi connectivity index (χ0v) is 25.7. The second kappa shape index (κ2) is 10.4. The number of carbonyl (C=O) groups is 5. The molecule has 10 nitrogen and oxygen atoms in total. The molecule has 5 rings (SSSR count). The third kappa shape index (κ3) is 4.21. The van der Waals surface area contributed by atoms with E-state index in [-0.39, 0.29) is 29.7 Å². The lowest BCUT2D eigenvalue weighted by Gasteiger charge is -2.61. The Hall–Kier alpha value is -4.33. The molecule has 44 heavy (non-hydrogen) atoms. The van der Waals surface area contributed by atoms with Crippen molar-refractivity contribution in [2.24, 2.45) is 28.4 Å². The Morgan fingerprint density at radius 3 is 2.25 bits per heavy atom. The number of ketones is 4.